The second-order valence-electron chi connectivity index (χ2n) is 3.96. The number of pyridine rings is 1. The molecule has 0 radical (unpaired) electrons. The van der Waals surface area contributed by atoms with Crippen molar-refractivity contribution in [3.05, 3.63) is 17.8 Å². The normalized spacial score (nSPS) is 9.95. The standard InChI is InChI=1S/C12H18N4O3/c1-19-12(18)8-5-7-16-11(10(8)14)15-6-3-2-4-9(13)17/h5,7H,2-4,6,14H2,1H3,(H2,13,17)(H,15,16). The van der Waals surface area contributed by atoms with Crippen LogP contribution in [0.1, 0.15) is 29.6 Å². The van der Waals surface area contributed by atoms with Gasteiger partial charge in [0.25, 0.3) is 0 Å². The lowest BCUT2D eigenvalue weighted by Crippen LogP contribution is -2.13. The minimum Gasteiger partial charge on any atom is -0.465 e. The van der Waals surface area contributed by atoms with Crippen LogP contribution in [0.2, 0.25) is 0 Å². The van der Waals surface area contributed by atoms with Crippen LogP contribution in [0.15, 0.2) is 12.3 Å². The summed E-state index contributed by atoms with van der Waals surface area (Å²) in [7, 11) is 1.29. The van der Waals surface area contributed by atoms with Crippen LogP contribution in [0.3, 0.4) is 0 Å². The number of carbonyl (C=O) groups is 2. The van der Waals surface area contributed by atoms with Crippen molar-refractivity contribution in [3.8, 4) is 0 Å². The summed E-state index contributed by atoms with van der Waals surface area (Å²) < 4.78 is 4.62. The van der Waals surface area contributed by atoms with Gasteiger partial charge in [-0.25, -0.2) is 9.78 Å². The Morgan fingerprint density at radius 3 is 2.79 bits per heavy atom. The van der Waals surface area contributed by atoms with Crippen LogP contribution >= 0.6 is 0 Å². The molecule has 0 saturated heterocycles. The summed E-state index contributed by atoms with van der Waals surface area (Å²) >= 11 is 0. The number of unbranched alkanes of at least 4 members (excludes halogenated alkanes) is 1. The fourth-order valence-electron chi connectivity index (χ4n) is 1.53. The van der Waals surface area contributed by atoms with Crippen molar-refractivity contribution in [2.45, 2.75) is 19.3 Å². The number of nitrogens with zero attached hydrogens (tertiary/aromatic N) is 1. The number of methoxy groups -OCH3 is 1. The number of nitrogens with two attached hydrogens (primary N) is 2. The van der Waals surface area contributed by atoms with E-state index in [9.17, 15) is 9.59 Å². The number of amides is 1. The zero-order valence-corrected chi connectivity index (χ0v) is 10.8. The Bertz CT molecular complexity index is 462. The highest BCUT2D eigenvalue weighted by molar-refractivity contribution is 5.97. The van der Waals surface area contributed by atoms with Crippen LogP contribution < -0.4 is 16.8 Å². The average Bonchev–Trinajstić information content (AvgIpc) is 2.39. The summed E-state index contributed by atoms with van der Waals surface area (Å²) in [6, 6.07) is 1.50. The van der Waals surface area contributed by atoms with Crippen LogP contribution in [0, 0.1) is 0 Å². The fraction of sp³-hybridized carbons (Fsp3) is 0.417. The monoisotopic (exact) mass is 266 g/mol. The number of ether oxygens (including phenoxy) is 1. The predicted molar refractivity (Wildman–Crippen MR) is 71.5 cm³/mol. The summed E-state index contributed by atoms with van der Waals surface area (Å²) in [5.74, 6) is -0.385. The second-order valence-corrected chi connectivity index (χ2v) is 3.96. The van der Waals surface area contributed by atoms with Crippen molar-refractivity contribution in [3.63, 3.8) is 0 Å². The maximum absolute atomic E-state index is 11.4. The molecule has 19 heavy (non-hydrogen) atoms. The molecule has 0 bridgehead atoms. The lowest BCUT2D eigenvalue weighted by molar-refractivity contribution is -0.118. The van der Waals surface area contributed by atoms with E-state index in [-0.39, 0.29) is 17.2 Å². The van der Waals surface area contributed by atoms with Crippen LogP contribution in [-0.4, -0.2) is 30.5 Å². The number of esters is 1. The maximum atomic E-state index is 11.4. The van der Waals surface area contributed by atoms with Crippen LogP contribution in [-0.2, 0) is 9.53 Å². The summed E-state index contributed by atoms with van der Waals surface area (Å²) in [6.07, 6.45) is 3.28. The highest BCUT2D eigenvalue weighted by atomic mass is 16.5. The smallest absolute Gasteiger partial charge is 0.340 e. The van der Waals surface area contributed by atoms with Gasteiger partial charge in [-0.1, -0.05) is 0 Å². The highest BCUT2D eigenvalue weighted by Crippen LogP contribution is 2.20. The van der Waals surface area contributed by atoms with E-state index in [2.05, 4.69) is 15.0 Å². The molecule has 1 aromatic heterocycles. The van der Waals surface area contributed by atoms with Gasteiger partial charge < -0.3 is 21.5 Å². The number of rotatable bonds is 7. The molecule has 0 aliphatic heterocycles. The van der Waals surface area contributed by atoms with E-state index in [1.165, 1.54) is 19.4 Å². The summed E-state index contributed by atoms with van der Waals surface area (Å²) in [5, 5.41) is 3.01. The van der Waals surface area contributed by atoms with Gasteiger partial charge in [0.1, 0.15) is 5.82 Å². The zero-order chi connectivity index (χ0) is 14.3. The Balaban J connectivity index is 2.54. The molecule has 7 heteroatoms. The first-order chi connectivity index (χ1) is 9.06. The quantitative estimate of drug-likeness (QED) is 0.488. The first-order valence-electron chi connectivity index (χ1n) is 5.91. The van der Waals surface area contributed by atoms with E-state index in [1.807, 2.05) is 0 Å². The maximum Gasteiger partial charge on any atom is 0.340 e. The molecule has 0 aliphatic rings. The number of primary amides is 1. The Morgan fingerprint density at radius 2 is 2.16 bits per heavy atom. The molecular formula is C12H18N4O3. The van der Waals surface area contributed by atoms with Crippen molar-refractivity contribution in [2.75, 3.05) is 24.7 Å². The molecule has 1 amide bonds. The molecule has 1 aromatic rings. The van der Waals surface area contributed by atoms with Gasteiger partial charge in [0.05, 0.1) is 18.4 Å². The molecule has 0 aliphatic carbocycles. The molecule has 0 spiro atoms. The number of aromatic nitrogens is 1. The first kappa shape index (κ1) is 14.7. The average molecular weight is 266 g/mol. The second kappa shape index (κ2) is 7.20. The predicted octanol–water partition coefficient (Wildman–Crippen LogP) is 0.518. The minimum absolute atomic E-state index is 0.254. The molecule has 1 heterocycles. The third-order valence-corrected chi connectivity index (χ3v) is 2.54. The SMILES string of the molecule is COC(=O)c1ccnc(NCCCCC(N)=O)c1N. The third-order valence-electron chi connectivity index (χ3n) is 2.54. The molecule has 0 aromatic carbocycles. The van der Waals surface area contributed by atoms with Gasteiger partial charge in [-0.3, -0.25) is 4.79 Å². The third kappa shape index (κ3) is 4.46. The largest absolute Gasteiger partial charge is 0.465 e. The van der Waals surface area contributed by atoms with Crippen molar-refractivity contribution in [1.82, 2.24) is 4.98 Å². The summed E-state index contributed by atoms with van der Waals surface area (Å²) in [6.45, 7) is 0.592. The summed E-state index contributed by atoms with van der Waals surface area (Å²) in [5.41, 5.74) is 11.4. The van der Waals surface area contributed by atoms with E-state index < -0.39 is 5.97 Å². The number of hydrogen-bond acceptors (Lipinski definition) is 6. The molecular weight excluding hydrogens is 248 g/mol. The molecule has 7 nitrogen and oxygen atoms in total. The van der Waals surface area contributed by atoms with Crippen molar-refractivity contribution >= 4 is 23.4 Å². The van der Waals surface area contributed by atoms with E-state index in [1.54, 1.807) is 0 Å². The van der Waals surface area contributed by atoms with Gasteiger partial charge in [-0.15, -0.1) is 0 Å². The minimum atomic E-state index is -0.503. The lowest BCUT2D eigenvalue weighted by Gasteiger charge is -2.10. The van der Waals surface area contributed by atoms with Gasteiger partial charge in [0.15, 0.2) is 0 Å². The lowest BCUT2D eigenvalue weighted by atomic mass is 10.2. The molecule has 104 valence electrons. The van der Waals surface area contributed by atoms with Crippen molar-refractivity contribution in [1.29, 1.82) is 0 Å². The van der Waals surface area contributed by atoms with Crippen LogP contribution in [0.5, 0.6) is 0 Å². The van der Waals surface area contributed by atoms with Crippen LogP contribution in [0.25, 0.3) is 0 Å². The molecule has 0 atom stereocenters. The van der Waals surface area contributed by atoms with Crippen molar-refractivity contribution < 1.29 is 14.3 Å². The Hall–Kier alpha value is -2.31. The number of hydrogen-bond donors (Lipinski definition) is 3. The van der Waals surface area contributed by atoms with Gasteiger partial charge >= 0.3 is 5.97 Å². The zero-order valence-electron chi connectivity index (χ0n) is 10.8. The van der Waals surface area contributed by atoms with Gasteiger partial charge in [-0.05, 0) is 18.9 Å². The molecule has 5 N–H and O–H groups in total. The molecule has 0 saturated carbocycles. The van der Waals surface area contributed by atoms with Crippen molar-refractivity contribution in [2.24, 2.45) is 5.73 Å². The van der Waals surface area contributed by atoms with Gasteiger partial charge in [0.2, 0.25) is 5.91 Å². The Labute approximate surface area is 111 Å². The van der Waals surface area contributed by atoms with E-state index >= 15 is 0 Å². The number of anilines is 2. The fourth-order valence-corrected chi connectivity index (χ4v) is 1.53. The van der Waals surface area contributed by atoms with Gasteiger partial charge in [-0.2, -0.15) is 0 Å². The van der Waals surface area contributed by atoms with Gasteiger partial charge in [0, 0.05) is 19.2 Å². The Kier molecular flexibility index (Phi) is 5.59. The van der Waals surface area contributed by atoms with Crippen LogP contribution in [0.4, 0.5) is 11.5 Å². The molecule has 0 fully saturated rings. The van der Waals surface area contributed by atoms with E-state index in [4.69, 9.17) is 11.5 Å². The van der Waals surface area contributed by atoms with E-state index in [0.717, 1.165) is 6.42 Å². The topological polar surface area (TPSA) is 120 Å². The number of nitrogen functional groups attached to an aromatic ring is 1. The number of carbonyl (C=O) groups excluding carboxylic acids is 2. The van der Waals surface area contributed by atoms with E-state index in [0.29, 0.717) is 25.2 Å². The number of nitrogens with one attached hydrogen (secondary N) is 1. The highest BCUT2D eigenvalue weighted by Gasteiger charge is 2.13. The Morgan fingerprint density at radius 1 is 1.42 bits per heavy atom. The molecule has 0 unspecified atom stereocenters. The molecule has 1 rings (SSSR count). The first-order valence-corrected chi connectivity index (χ1v) is 5.91. The summed E-state index contributed by atoms with van der Waals surface area (Å²) in [4.78, 5) is 26.0.